The molecule has 0 unspecified atom stereocenters. The lowest BCUT2D eigenvalue weighted by Crippen LogP contribution is -2.04. The minimum absolute atomic E-state index is 0.522. The zero-order valence-electron chi connectivity index (χ0n) is 10.2. The van der Waals surface area contributed by atoms with E-state index < -0.39 is 11.7 Å². The molecule has 0 N–H and O–H groups in total. The maximum Gasteiger partial charge on any atom is 0.416 e. The first-order valence-corrected chi connectivity index (χ1v) is 8.15. The number of benzene rings is 2. The fraction of sp³-hybridized carbons (Fsp3) is 0.0667. The molecular formula is C15H6ClF3I2. The van der Waals surface area contributed by atoms with Crippen LogP contribution >= 0.6 is 56.8 Å². The molecule has 0 atom stereocenters. The van der Waals surface area contributed by atoms with Crippen LogP contribution in [-0.4, -0.2) is 0 Å². The number of hydrogen-bond donors (Lipinski definition) is 0. The van der Waals surface area contributed by atoms with Crippen LogP contribution in [0.2, 0.25) is 5.02 Å². The third-order valence-corrected chi connectivity index (χ3v) is 5.81. The molecule has 0 nitrogen and oxygen atoms in total. The van der Waals surface area contributed by atoms with Gasteiger partial charge in [-0.3, -0.25) is 0 Å². The standard InChI is InChI=1S/C15H6ClF3I2/c16-12-7-10(14(21)13(20)8-12)4-1-9-2-5-11(6-3-9)15(17,18)19/h2-3,5-8H. The van der Waals surface area contributed by atoms with Crippen molar-refractivity contribution < 1.29 is 13.2 Å². The highest BCUT2D eigenvalue weighted by Crippen LogP contribution is 2.29. The van der Waals surface area contributed by atoms with Gasteiger partial charge in [0, 0.05) is 23.3 Å². The Morgan fingerprint density at radius 3 is 2.14 bits per heavy atom. The van der Waals surface area contributed by atoms with E-state index in [1.807, 2.05) is 6.07 Å². The summed E-state index contributed by atoms with van der Waals surface area (Å²) in [4.78, 5) is 0. The summed E-state index contributed by atoms with van der Waals surface area (Å²) in [5, 5.41) is 0.580. The van der Waals surface area contributed by atoms with Crippen molar-refractivity contribution >= 4 is 56.8 Å². The lowest BCUT2D eigenvalue weighted by atomic mass is 10.1. The van der Waals surface area contributed by atoms with E-state index >= 15 is 0 Å². The van der Waals surface area contributed by atoms with E-state index in [1.165, 1.54) is 12.1 Å². The van der Waals surface area contributed by atoms with Crippen molar-refractivity contribution in [1.82, 2.24) is 0 Å². The van der Waals surface area contributed by atoms with Gasteiger partial charge in [-0.05, 0) is 81.6 Å². The highest BCUT2D eigenvalue weighted by Gasteiger charge is 2.29. The summed E-state index contributed by atoms with van der Waals surface area (Å²) >= 11 is 10.3. The third kappa shape index (κ3) is 4.50. The fourth-order valence-corrected chi connectivity index (χ4v) is 3.00. The molecule has 0 aliphatic carbocycles. The molecule has 0 spiro atoms. The average Bonchev–Trinajstić information content (AvgIpc) is 2.40. The summed E-state index contributed by atoms with van der Waals surface area (Å²) in [6.07, 6.45) is -4.33. The molecule has 21 heavy (non-hydrogen) atoms. The Labute approximate surface area is 152 Å². The summed E-state index contributed by atoms with van der Waals surface area (Å²) < 4.78 is 39.3. The van der Waals surface area contributed by atoms with Crippen LogP contribution in [-0.2, 0) is 6.18 Å². The van der Waals surface area contributed by atoms with Crippen LogP contribution in [0, 0.1) is 19.0 Å². The van der Waals surface area contributed by atoms with E-state index in [4.69, 9.17) is 11.6 Å². The van der Waals surface area contributed by atoms with Gasteiger partial charge in [0.1, 0.15) is 0 Å². The molecule has 0 aliphatic rings. The zero-order valence-corrected chi connectivity index (χ0v) is 15.3. The first-order chi connectivity index (χ1) is 9.77. The molecular weight excluding hydrogens is 526 g/mol. The Hall–Kier alpha value is -0.460. The van der Waals surface area contributed by atoms with Gasteiger partial charge in [0.2, 0.25) is 0 Å². The summed E-state index contributed by atoms with van der Waals surface area (Å²) in [5.41, 5.74) is 0.598. The molecule has 0 bridgehead atoms. The summed E-state index contributed by atoms with van der Waals surface area (Å²) in [6, 6.07) is 8.33. The van der Waals surface area contributed by atoms with Gasteiger partial charge in [-0.1, -0.05) is 23.4 Å². The lowest BCUT2D eigenvalue weighted by Gasteiger charge is -2.05. The molecule has 6 heteroatoms. The summed E-state index contributed by atoms with van der Waals surface area (Å²) in [5.74, 6) is 5.79. The van der Waals surface area contributed by atoms with E-state index in [-0.39, 0.29) is 0 Å². The van der Waals surface area contributed by atoms with Gasteiger partial charge in [-0.15, -0.1) is 0 Å². The van der Waals surface area contributed by atoms with Gasteiger partial charge in [0.05, 0.1) is 5.56 Å². The van der Waals surface area contributed by atoms with Crippen LogP contribution in [0.1, 0.15) is 16.7 Å². The Kier molecular flexibility index (Phi) is 5.43. The van der Waals surface area contributed by atoms with Crippen molar-refractivity contribution in [3.63, 3.8) is 0 Å². The number of halogens is 6. The minimum Gasteiger partial charge on any atom is -0.166 e. The summed E-state index contributed by atoms with van der Waals surface area (Å²) in [7, 11) is 0. The number of hydrogen-bond acceptors (Lipinski definition) is 0. The first kappa shape index (κ1) is 16.9. The highest BCUT2D eigenvalue weighted by atomic mass is 127. The van der Waals surface area contributed by atoms with Gasteiger partial charge in [0.15, 0.2) is 0 Å². The predicted octanol–water partition coefficient (Wildman–Crippen LogP) is 5.97. The highest BCUT2D eigenvalue weighted by molar-refractivity contribution is 14.1. The van der Waals surface area contributed by atoms with Gasteiger partial charge in [-0.2, -0.15) is 13.2 Å². The molecule has 0 fully saturated rings. The van der Waals surface area contributed by atoms with Crippen LogP contribution in [0.3, 0.4) is 0 Å². The van der Waals surface area contributed by atoms with Gasteiger partial charge in [-0.25, -0.2) is 0 Å². The number of alkyl halides is 3. The van der Waals surface area contributed by atoms with Crippen LogP contribution in [0.15, 0.2) is 36.4 Å². The van der Waals surface area contributed by atoms with Crippen LogP contribution in [0.25, 0.3) is 0 Å². The van der Waals surface area contributed by atoms with Gasteiger partial charge in [0.25, 0.3) is 0 Å². The maximum absolute atomic E-state index is 12.5. The Morgan fingerprint density at radius 2 is 1.57 bits per heavy atom. The number of rotatable bonds is 0. The SMILES string of the molecule is FC(F)(F)c1ccc(C#Cc2cc(Cl)cc(I)c2I)cc1. The second-order valence-electron chi connectivity index (χ2n) is 4.07. The first-order valence-electron chi connectivity index (χ1n) is 5.61. The minimum atomic E-state index is -4.33. The van der Waals surface area contributed by atoms with Gasteiger partial charge < -0.3 is 0 Å². The van der Waals surface area contributed by atoms with Crippen LogP contribution in [0.5, 0.6) is 0 Å². The van der Waals surface area contributed by atoms with Crippen molar-refractivity contribution in [2.45, 2.75) is 6.18 Å². The van der Waals surface area contributed by atoms with E-state index in [0.717, 1.165) is 24.8 Å². The summed E-state index contributed by atoms with van der Waals surface area (Å²) in [6.45, 7) is 0. The smallest absolute Gasteiger partial charge is 0.166 e. The largest absolute Gasteiger partial charge is 0.416 e. The van der Waals surface area contributed by atoms with Crippen molar-refractivity contribution in [1.29, 1.82) is 0 Å². The molecule has 0 amide bonds. The Bertz CT molecular complexity index is 726. The third-order valence-electron chi connectivity index (χ3n) is 2.55. The van der Waals surface area contributed by atoms with Crippen molar-refractivity contribution in [3.05, 3.63) is 65.3 Å². The molecule has 2 aromatic rings. The molecule has 2 rings (SSSR count). The van der Waals surface area contributed by atoms with Crippen molar-refractivity contribution in [2.24, 2.45) is 0 Å². The molecule has 0 saturated heterocycles. The van der Waals surface area contributed by atoms with Crippen LogP contribution in [0.4, 0.5) is 13.2 Å². The molecule has 0 aliphatic heterocycles. The molecule has 0 radical (unpaired) electrons. The Balaban J connectivity index is 2.32. The fourth-order valence-electron chi connectivity index (χ4n) is 1.53. The average molecular weight is 532 g/mol. The molecule has 108 valence electrons. The Morgan fingerprint density at radius 1 is 0.952 bits per heavy atom. The molecule has 0 saturated carbocycles. The van der Waals surface area contributed by atoms with Crippen molar-refractivity contribution in [3.8, 4) is 11.8 Å². The van der Waals surface area contributed by atoms with E-state index in [9.17, 15) is 13.2 Å². The normalized spacial score (nSPS) is 11.0. The van der Waals surface area contributed by atoms with E-state index in [2.05, 4.69) is 57.0 Å². The quantitative estimate of drug-likeness (QED) is 0.223. The molecule has 0 aromatic heterocycles. The van der Waals surface area contributed by atoms with Gasteiger partial charge >= 0.3 is 6.18 Å². The van der Waals surface area contributed by atoms with E-state index in [1.54, 1.807) is 6.07 Å². The monoisotopic (exact) mass is 532 g/mol. The predicted molar refractivity (Wildman–Crippen MR) is 94.3 cm³/mol. The molecule has 2 aromatic carbocycles. The van der Waals surface area contributed by atoms with Crippen LogP contribution < -0.4 is 0 Å². The molecule has 0 heterocycles. The lowest BCUT2D eigenvalue weighted by molar-refractivity contribution is -0.137. The zero-order chi connectivity index (χ0) is 15.6. The second kappa shape index (κ2) is 6.75. The second-order valence-corrected chi connectivity index (χ2v) is 6.75. The topological polar surface area (TPSA) is 0 Å². The maximum atomic E-state index is 12.5. The van der Waals surface area contributed by atoms with Crippen molar-refractivity contribution in [2.75, 3.05) is 0 Å². The van der Waals surface area contributed by atoms with E-state index in [0.29, 0.717) is 10.6 Å².